The normalized spacial score (nSPS) is 30.9. The van der Waals surface area contributed by atoms with Crippen LogP contribution in [0, 0.1) is 5.92 Å². The van der Waals surface area contributed by atoms with Gasteiger partial charge in [-0.2, -0.15) is 0 Å². The van der Waals surface area contributed by atoms with E-state index in [-0.39, 0.29) is 30.6 Å². The second kappa shape index (κ2) is 7.11. The monoisotopic (exact) mass is 298 g/mol. The van der Waals surface area contributed by atoms with Gasteiger partial charge in [-0.25, -0.2) is 4.79 Å². The van der Waals surface area contributed by atoms with Gasteiger partial charge in [0.25, 0.3) is 0 Å². The Bertz CT molecular complexity index is 388. The first kappa shape index (κ1) is 16.1. The first-order valence-electron chi connectivity index (χ1n) is 7.95. The number of hydrogen-bond donors (Lipinski definition) is 2. The molecule has 0 saturated carbocycles. The third-order valence-electron chi connectivity index (χ3n) is 4.80. The molecule has 2 N–H and O–H groups in total. The number of aliphatic carboxylic acids is 1. The van der Waals surface area contributed by atoms with E-state index in [4.69, 9.17) is 5.11 Å². The average molecular weight is 298 g/mol. The Morgan fingerprint density at radius 3 is 2.48 bits per heavy atom. The molecule has 0 radical (unpaired) electrons. The van der Waals surface area contributed by atoms with Crippen molar-refractivity contribution in [2.75, 3.05) is 19.7 Å². The highest BCUT2D eigenvalue weighted by atomic mass is 16.4. The highest BCUT2D eigenvalue weighted by molar-refractivity contribution is 5.76. The Kier molecular flexibility index (Phi) is 5.45. The van der Waals surface area contributed by atoms with Crippen LogP contribution in [-0.2, 0) is 4.79 Å². The van der Waals surface area contributed by atoms with Gasteiger partial charge < -0.3 is 20.0 Å². The number of amides is 2. The molecule has 0 aromatic carbocycles. The van der Waals surface area contributed by atoms with Gasteiger partial charge in [-0.15, -0.1) is 0 Å². The van der Waals surface area contributed by atoms with Gasteiger partial charge in [0.2, 0.25) is 0 Å². The molecule has 2 heterocycles. The molecule has 2 aliphatic rings. The molecule has 3 unspecified atom stereocenters. The molecule has 2 saturated heterocycles. The number of carboxylic acids is 1. The van der Waals surface area contributed by atoms with Crippen LogP contribution in [0.2, 0.25) is 0 Å². The van der Waals surface area contributed by atoms with Crippen molar-refractivity contribution in [2.45, 2.75) is 57.5 Å². The summed E-state index contributed by atoms with van der Waals surface area (Å²) in [5.74, 6) is -1.11. The van der Waals surface area contributed by atoms with E-state index in [0.29, 0.717) is 25.9 Å². The number of urea groups is 1. The van der Waals surface area contributed by atoms with E-state index >= 15 is 0 Å². The minimum Gasteiger partial charge on any atom is -0.481 e. The maximum absolute atomic E-state index is 12.8. The van der Waals surface area contributed by atoms with E-state index < -0.39 is 5.97 Å². The first-order chi connectivity index (χ1) is 10.0. The number of nitrogens with zero attached hydrogens (tertiary/aromatic N) is 2. The molecule has 3 atom stereocenters. The van der Waals surface area contributed by atoms with E-state index in [1.807, 2.05) is 6.92 Å². The lowest BCUT2D eigenvalue weighted by molar-refractivity contribution is -0.143. The summed E-state index contributed by atoms with van der Waals surface area (Å²) in [6.45, 7) is 3.10. The van der Waals surface area contributed by atoms with Gasteiger partial charge in [-0.1, -0.05) is 12.8 Å². The second-order valence-corrected chi connectivity index (χ2v) is 6.26. The van der Waals surface area contributed by atoms with Crippen molar-refractivity contribution >= 4 is 12.0 Å². The van der Waals surface area contributed by atoms with E-state index in [9.17, 15) is 14.7 Å². The van der Waals surface area contributed by atoms with Crippen LogP contribution in [-0.4, -0.2) is 63.8 Å². The SMILES string of the molecule is CC1CC(C(=O)O)CCN1C(=O)N1CCCCCC1CO. The number of aliphatic hydroxyl groups is 1. The lowest BCUT2D eigenvalue weighted by Gasteiger charge is -2.41. The summed E-state index contributed by atoms with van der Waals surface area (Å²) >= 11 is 0. The van der Waals surface area contributed by atoms with Crippen LogP contribution in [0.4, 0.5) is 4.79 Å². The van der Waals surface area contributed by atoms with Crippen molar-refractivity contribution in [3.63, 3.8) is 0 Å². The van der Waals surface area contributed by atoms with E-state index in [2.05, 4.69) is 0 Å². The van der Waals surface area contributed by atoms with Crippen LogP contribution in [0.25, 0.3) is 0 Å². The molecular formula is C15H26N2O4. The summed E-state index contributed by atoms with van der Waals surface area (Å²) in [5, 5.41) is 18.6. The average Bonchev–Trinajstić information content (AvgIpc) is 2.71. The van der Waals surface area contributed by atoms with Crippen molar-refractivity contribution in [1.82, 2.24) is 9.80 Å². The topological polar surface area (TPSA) is 81.1 Å². The van der Waals surface area contributed by atoms with Crippen LogP contribution in [0.1, 0.15) is 45.4 Å². The van der Waals surface area contributed by atoms with Crippen LogP contribution >= 0.6 is 0 Å². The van der Waals surface area contributed by atoms with Crippen LogP contribution in [0.3, 0.4) is 0 Å². The molecule has 21 heavy (non-hydrogen) atoms. The molecule has 0 bridgehead atoms. The van der Waals surface area contributed by atoms with Crippen molar-refractivity contribution in [3.8, 4) is 0 Å². The molecule has 0 aliphatic carbocycles. The van der Waals surface area contributed by atoms with Gasteiger partial charge >= 0.3 is 12.0 Å². The van der Waals surface area contributed by atoms with E-state index in [1.165, 1.54) is 0 Å². The molecule has 2 rings (SSSR count). The van der Waals surface area contributed by atoms with Crippen molar-refractivity contribution < 1.29 is 19.8 Å². The number of rotatable bonds is 2. The Labute approximate surface area is 125 Å². The highest BCUT2D eigenvalue weighted by Crippen LogP contribution is 2.26. The lowest BCUT2D eigenvalue weighted by Crippen LogP contribution is -2.54. The third-order valence-corrected chi connectivity index (χ3v) is 4.80. The number of aliphatic hydroxyl groups excluding tert-OH is 1. The quantitative estimate of drug-likeness (QED) is 0.810. The summed E-state index contributed by atoms with van der Waals surface area (Å²) in [7, 11) is 0. The fraction of sp³-hybridized carbons (Fsp3) is 0.867. The number of carbonyl (C=O) groups excluding carboxylic acids is 1. The zero-order valence-corrected chi connectivity index (χ0v) is 12.7. The predicted molar refractivity (Wildman–Crippen MR) is 78.0 cm³/mol. The fourth-order valence-corrected chi connectivity index (χ4v) is 3.46. The molecule has 0 aromatic heterocycles. The minimum absolute atomic E-state index is 0.00567. The molecule has 2 aliphatic heterocycles. The standard InChI is InChI=1S/C15H26N2O4/c1-11-9-12(14(19)20)6-8-16(11)15(21)17-7-4-2-3-5-13(17)10-18/h11-13,18H,2-10H2,1H3,(H,19,20). The van der Waals surface area contributed by atoms with Gasteiger partial charge in [-0.3, -0.25) is 4.79 Å². The largest absolute Gasteiger partial charge is 0.481 e. The summed E-state index contributed by atoms with van der Waals surface area (Å²) in [4.78, 5) is 27.4. The molecule has 0 spiro atoms. The maximum atomic E-state index is 12.8. The van der Waals surface area contributed by atoms with Crippen LogP contribution in [0.5, 0.6) is 0 Å². The Morgan fingerprint density at radius 1 is 1.10 bits per heavy atom. The minimum atomic E-state index is -0.767. The zero-order chi connectivity index (χ0) is 15.4. The summed E-state index contributed by atoms with van der Waals surface area (Å²) < 4.78 is 0. The van der Waals surface area contributed by atoms with Crippen LogP contribution in [0.15, 0.2) is 0 Å². The van der Waals surface area contributed by atoms with Crippen molar-refractivity contribution in [1.29, 1.82) is 0 Å². The summed E-state index contributed by atoms with van der Waals surface area (Å²) in [6.07, 6.45) is 4.99. The molecule has 0 aromatic rings. The van der Waals surface area contributed by atoms with Gasteiger partial charge in [0, 0.05) is 19.1 Å². The summed E-state index contributed by atoms with van der Waals surface area (Å²) in [5.41, 5.74) is 0. The van der Waals surface area contributed by atoms with Crippen LogP contribution < -0.4 is 0 Å². The lowest BCUT2D eigenvalue weighted by atomic mass is 9.92. The molecule has 2 amide bonds. The highest BCUT2D eigenvalue weighted by Gasteiger charge is 2.36. The number of likely N-dealkylation sites (tertiary alicyclic amines) is 2. The fourth-order valence-electron chi connectivity index (χ4n) is 3.46. The van der Waals surface area contributed by atoms with Crippen molar-refractivity contribution in [3.05, 3.63) is 0 Å². The molecule has 2 fully saturated rings. The Morgan fingerprint density at radius 2 is 1.86 bits per heavy atom. The molecule has 6 heteroatoms. The van der Waals surface area contributed by atoms with E-state index in [1.54, 1.807) is 9.80 Å². The Hall–Kier alpha value is -1.30. The van der Waals surface area contributed by atoms with Crippen molar-refractivity contribution in [2.24, 2.45) is 5.92 Å². The molecule has 120 valence electrons. The Balaban J connectivity index is 2.03. The second-order valence-electron chi connectivity index (χ2n) is 6.26. The first-order valence-corrected chi connectivity index (χ1v) is 7.95. The number of piperidine rings is 1. The molecule has 6 nitrogen and oxygen atoms in total. The molecular weight excluding hydrogens is 272 g/mol. The zero-order valence-electron chi connectivity index (χ0n) is 12.7. The van der Waals surface area contributed by atoms with Gasteiger partial charge in [0.15, 0.2) is 0 Å². The van der Waals surface area contributed by atoms with Gasteiger partial charge in [0.1, 0.15) is 0 Å². The predicted octanol–water partition coefficient (Wildman–Crippen LogP) is 1.53. The van der Waals surface area contributed by atoms with Gasteiger partial charge in [0.05, 0.1) is 18.6 Å². The van der Waals surface area contributed by atoms with E-state index in [0.717, 1.165) is 25.7 Å². The number of carboxylic acid groups (broad SMARTS) is 1. The third kappa shape index (κ3) is 3.67. The summed E-state index contributed by atoms with van der Waals surface area (Å²) in [6, 6.07) is -0.188. The number of hydrogen-bond acceptors (Lipinski definition) is 3. The smallest absolute Gasteiger partial charge is 0.320 e. The number of carbonyl (C=O) groups is 2. The maximum Gasteiger partial charge on any atom is 0.320 e. The van der Waals surface area contributed by atoms with Gasteiger partial charge in [-0.05, 0) is 32.6 Å².